The average molecular weight is 173 g/mol. The Morgan fingerprint density at radius 3 is 2.17 bits per heavy atom. The maximum absolute atomic E-state index is 11.3. The molecule has 0 aliphatic carbocycles. The van der Waals surface area contributed by atoms with Crippen LogP contribution in [0.3, 0.4) is 0 Å². The summed E-state index contributed by atoms with van der Waals surface area (Å²) in [4.78, 5) is 11.3. The standard InChI is InChI=1S/C9H19NO2/c1-5-8(12)9(7(4)11)10-6(2)3/h6-7,9-11H,5H2,1-4H3. The van der Waals surface area contributed by atoms with Crippen LogP contribution < -0.4 is 5.32 Å². The van der Waals surface area contributed by atoms with Crippen LogP contribution in [0.2, 0.25) is 0 Å². The Morgan fingerprint density at radius 1 is 1.42 bits per heavy atom. The van der Waals surface area contributed by atoms with Gasteiger partial charge in [0.1, 0.15) is 0 Å². The molecule has 0 spiro atoms. The first-order chi connectivity index (χ1) is 5.49. The van der Waals surface area contributed by atoms with Gasteiger partial charge in [-0.3, -0.25) is 4.79 Å². The van der Waals surface area contributed by atoms with Crippen LogP contribution in [0.5, 0.6) is 0 Å². The van der Waals surface area contributed by atoms with Gasteiger partial charge < -0.3 is 10.4 Å². The minimum absolute atomic E-state index is 0.0682. The van der Waals surface area contributed by atoms with E-state index in [1.807, 2.05) is 13.8 Å². The van der Waals surface area contributed by atoms with Gasteiger partial charge in [-0.2, -0.15) is 0 Å². The van der Waals surface area contributed by atoms with Crippen molar-refractivity contribution in [2.24, 2.45) is 0 Å². The number of nitrogens with one attached hydrogen (secondary N) is 1. The molecule has 0 aromatic rings. The van der Waals surface area contributed by atoms with Crippen molar-refractivity contribution in [3.05, 3.63) is 0 Å². The normalized spacial score (nSPS) is 16.2. The first kappa shape index (κ1) is 11.6. The van der Waals surface area contributed by atoms with Crippen molar-refractivity contribution in [3.63, 3.8) is 0 Å². The summed E-state index contributed by atoms with van der Waals surface area (Å²) in [5.74, 6) is 0.0682. The molecule has 3 heteroatoms. The quantitative estimate of drug-likeness (QED) is 0.644. The van der Waals surface area contributed by atoms with Gasteiger partial charge in [0.25, 0.3) is 0 Å². The molecule has 2 unspecified atom stereocenters. The van der Waals surface area contributed by atoms with Gasteiger partial charge in [0.15, 0.2) is 5.78 Å². The number of ketones is 1. The Bertz CT molecular complexity index is 143. The molecule has 0 aromatic carbocycles. The lowest BCUT2D eigenvalue weighted by molar-refractivity contribution is -0.123. The van der Waals surface area contributed by atoms with Gasteiger partial charge in [0, 0.05) is 12.5 Å². The van der Waals surface area contributed by atoms with E-state index in [1.165, 1.54) is 0 Å². The molecule has 72 valence electrons. The van der Waals surface area contributed by atoms with E-state index < -0.39 is 12.1 Å². The van der Waals surface area contributed by atoms with Gasteiger partial charge in [-0.1, -0.05) is 20.8 Å². The maximum Gasteiger partial charge on any atom is 0.152 e. The molecule has 0 aliphatic heterocycles. The second-order valence-electron chi connectivity index (χ2n) is 3.36. The summed E-state index contributed by atoms with van der Waals surface area (Å²) in [6, 6.07) is -0.185. The van der Waals surface area contributed by atoms with Crippen molar-refractivity contribution in [3.8, 4) is 0 Å². The number of hydrogen-bond acceptors (Lipinski definition) is 3. The van der Waals surface area contributed by atoms with Crippen LogP contribution in [-0.4, -0.2) is 29.1 Å². The summed E-state index contributed by atoms with van der Waals surface area (Å²) in [5.41, 5.74) is 0. The van der Waals surface area contributed by atoms with Crippen LogP contribution in [0.1, 0.15) is 34.1 Å². The van der Waals surface area contributed by atoms with Crippen molar-refractivity contribution >= 4 is 5.78 Å². The molecule has 12 heavy (non-hydrogen) atoms. The third kappa shape index (κ3) is 3.83. The lowest BCUT2D eigenvalue weighted by Gasteiger charge is -2.21. The van der Waals surface area contributed by atoms with Crippen molar-refractivity contribution in [2.45, 2.75) is 52.3 Å². The molecule has 0 saturated carbocycles. The van der Waals surface area contributed by atoms with E-state index in [1.54, 1.807) is 13.8 Å². The SMILES string of the molecule is CCC(=O)C(NC(C)C)C(C)O. The molecule has 0 amide bonds. The van der Waals surface area contributed by atoms with E-state index in [9.17, 15) is 9.90 Å². The maximum atomic E-state index is 11.3. The van der Waals surface area contributed by atoms with Crippen LogP contribution in [-0.2, 0) is 4.79 Å². The van der Waals surface area contributed by atoms with Crippen molar-refractivity contribution in [1.82, 2.24) is 5.32 Å². The van der Waals surface area contributed by atoms with E-state index in [-0.39, 0.29) is 11.8 Å². The van der Waals surface area contributed by atoms with E-state index in [0.29, 0.717) is 6.42 Å². The number of aliphatic hydroxyl groups excluding tert-OH is 1. The van der Waals surface area contributed by atoms with Gasteiger partial charge >= 0.3 is 0 Å². The van der Waals surface area contributed by atoms with E-state index >= 15 is 0 Å². The Balaban J connectivity index is 4.13. The molecule has 3 nitrogen and oxygen atoms in total. The molecule has 0 saturated heterocycles. The molecule has 0 aliphatic rings. The Morgan fingerprint density at radius 2 is 1.92 bits per heavy atom. The number of carbonyl (C=O) groups is 1. The predicted molar refractivity (Wildman–Crippen MR) is 49.0 cm³/mol. The summed E-state index contributed by atoms with van der Waals surface area (Å²) in [7, 11) is 0. The lowest BCUT2D eigenvalue weighted by atomic mass is 10.0. The smallest absolute Gasteiger partial charge is 0.152 e. The zero-order valence-electron chi connectivity index (χ0n) is 8.29. The number of carbonyl (C=O) groups excluding carboxylic acids is 1. The molecule has 0 radical (unpaired) electrons. The van der Waals surface area contributed by atoms with Crippen molar-refractivity contribution in [2.75, 3.05) is 0 Å². The number of hydrogen-bond donors (Lipinski definition) is 2. The molecule has 0 bridgehead atoms. The van der Waals surface area contributed by atoms with E-state index in [2.05, 4.69) is 5.32 Å². The van der Waals surface area contributed by atoms with Crippen molar-refractivity contribution < 1.29 is 9.90 Å². The van der Waals surface area contributed by atoms with Crippen LogP contribution in [0.4, 0.5) is 0 Å². The largest absolute Gasteiger partial charge is 0.391 e. The highest BCUT2D eigenvalue weighted by Crippen LogP contribution is 1.99. The first-order valence-corrected chi connectivity index (χ1v) is 4.45. The van der Waals surface area contributed by atoms with Gasteiger partial charge in [-0.05, 0) is 6.92 Å². The van der Waals surface area contributed by atoms with Gasteiger partial charge in [-0.15, -0.1) is 0 Å². The van der Waals surface area contributed by atoms with Crippen molar-refractivity contribution in [1.29, 1.82) is 0 Å². The zero-order valence-corrected chi connectivity index (χ0v) is 8.29. The first-order valence-electron chi connectivity index (χ1n) is 4.45. The molecule has 2 atom stereocenters. The van der Waals surface area contributed by atoms with E-state index in [4.69, 9.17) is 0 Å². The van der Waals surface area contributed by atoms with Crippen LogP contribution in [0.25, 0.3) is 0 Å². The Labute approximate surface area is 74.2 Å². The fourth-order valence-corrected chi connectivity index (χ4v) is 1.08. The highest BCUT2D eigenvalue weighted by molar-refractivity contribution is 5.84. The third-order valence-electron chi connectivity index (χ3n) is 1.69. The minimum atomic E-state index is -0.611. The third-order valence-corrected chi connectivity index (χ3v) is 1.69. The second-order valence-corrected chi connectivity index (χ2v) is 3.36. The summed E-state index contributed by atoms with van der Waals surface area (Å²) in [6.45, 7) is 7.35. The number of rotatable bonds is 5. The Hall–Kier alpha value is -0.410. The molecule has 0 fully saturated rings. The monoisotopic (exact) mass is 173 g/mol. The fraction of sp³-hybridized carbons (Fsp3) is 0.889. The number of Topliss-reactive ketones (excluding diaryl/α,β-unsaturated/α-hetero) is 1. The molecular weight excluding hydrogens is 154 g/mol. The van der Waals surface area contributed by atoms with E-state index in [0.717, 1.165) is 0 Å². The summed E-state index contributed by atoms with van der Waals surface area (Å²) < 4.78 is 0. The Kier molecular flexibility index (Phi) is 5.09. The van der Waals surface area contributed by atoms with Gasteiger partial charge in [-0.25, -0.2) is 0 Å². The average Bonchev–Trinajstić information content (AvgIpc) is 1.98. The predicted octanol–water partition coefficient (Wildman–Crippen LogP) is 0.713. The fourth-order valence-electron chi connectivity index (χ4n) is 1.08. The molecule has 0 aromatic heterocycles. The summed E-state index contributed by atoms with van der Waals surface area (Å²) in [5, 5.41) is 12.3. The molecule has 2 N–H and O–H groups in total. The van der Waals surface area contributed by atoms with Gasteiger partial charge in [0.2, 0.25) is 0 Å². The summed E-state index contributed by atoms with van der Waals surface area (Å²) in [6.07, 6.45) is -0.144. The highest BCUT2D eigenvalue weighted by atomic mass is 16.3. The molecule has 0 heterocycles. The topological polar surface area (TPSA) is 49.3 Å². The minimum Gasteiger partial charge on any atom is -0.391 e. The van der Waals surface area contributed by atoms with Crippen LogP contribution >= 0.6 is 0 Å². The summed E-state index contributed by atoms with van der Waals surface area (Å²) >= 11 is 0. The van der Waals surface area contributed by atoms with Crippen LogP contribution in [0.15, 0.2) is 0 Å². The van der Waals surface area contributed by atoms with Gasteiger partial charge in [0.05, 0.1) is 12.1 Å². The van der Waals surface area contributed by atoms with Crippen LogP contribution in [0, 0.1) is 0 Å². The zero-order chi connectivity index (χ0) is 9.72. The molecular formula is C9H19NO2. The highest BCUT2D eigenvalue weighted by Gasteiger charge is 2.21. The lowest BCUT2D eigenvalue weighted by Crippen LogP contribution is -2.47. The number of aliphatic hydroxyl groups is 1. The second kappa shape index (κ2) is 5.27. The molecule has 0 rings (SSSR count).